The smallest absolute Gasteiger partial charge is 0.119 e. The van der Waals surface area contributed by atoms with Crippen LogP contribution in [-0.2, 0) is 6.42 Å². The van der Waals surface area contributed by atoms with Crippen LogP contribution in [0.1, 0.15) is 37.4 Å². The van der Waals surface area contributed by atoms with Crippen LogP contribution in [0.3, 0.4) is 0 Å². The molecule has 72 valence electrons. The average Bonchev–Trinajstić information content (AvgIpc) is 2.16. The number of benzene rings is 1. The van der Waals surface area contributed by atoms with Gasteiger partial charge in [-0.05, 0) is 30.0 Å². The lowest BCUT2D eigenvalue weighted by Gasteiger charge is -2.14. The lowest BCUT2D eigenvalue weighted by Crippen LogP contribution is -2.11. The Hall–Kier alpha value is -1.02. The molecule has 1 rings (SSSR count). The van der Waals surface area contributed by atoms with Crippen LogP contribution < -0.4 is 5.73 Å². The number of aromatic hydroxyl groups is 1. The van der Waals surface area contributed by atoms with Crippen LogP contribution >= 0.6 is 0 Å². The molecule has 0 aliphatic heterocycles. The number of rotatable bonds is 3. The van der Waals surface area contributed by atoms with Crippen LogP contribution in [0.2, 0.25) is 0 Å². The van der Waals surface area contributed by atoms with Gasteiger partial charge < -0.3 is 10.8 Å². The lowest BCUT2D eigenvalue weighted by molar-refractivity contribution is 0.466. The summed E-state index contributed by atoms with van der Waals surface area (Å²) in [6, 6.07) is 5.60. The zero-order valence-corrected chi connectivity index (χ0v) is 8.25. The number of phenolic OH excluding ortho intramolecular Hbond substituents is 1. The summed E-state index contributed by atoms with van der Waals surface area (Å²) >= 11 is 0. The van der Waals surface area contributed by atoms with Gasteiger partial charge in [0.15, 0.2) is 0 Å². The van der Waals surface area contributed by atoms with E-state index in [9.17, 15) is 5.11 Å². The van der Waals surface area contributed by atoms with Crippen LogP contribution in [0.25, 0.3) is 0 Å². The molecular formula is C11H17NO. The quantitative estimate of drug-likeness (QED) is 0.748. The molecule has 0 saturated heterocycles. The van der Waals surface area contributed by atoms with Gasteiger partial charge in [0.05, 0.1) is 0 Å². The molecule has 0 fully saturated rings. The fourth-order valence-electron chi connectivity index (χ4n) is 1.54. The SMILES string of the molecule is CCc1c(O)cccc1[C@@H](N)CC. The van der Waals surface area contributed by atoms with Gasteiger partial charge in [-0.1, -0.05) is 26.0 Å². The van der Waals surface area contributed by atoms with E-state index in [4.69, 9.17) is 5.73 Å². The Labute approximate surface area is 79.4 Å². The van der Waals surface area contributed by atoms with Gasteiger partial charge in [-0.25, -0.2) is 0 Å². The van der Waals surface area contributed by atoms with Crippen molar-refractivity contribution in [3.05, 3.63) is 29.3 Å². The van der Waals surface area contributed by atoms with E-state index in [-0.39, 0.29) is 6.04 Å². The van der Waals surface area contributed by atoms with Crippen molar-refractivity contribution in [1.82, 2.24) is 0 Å². The Kier molecular flexibility index (Phi) is 3.32. The van der Waals surface area contributed by atoms with E-state index in [0.717, 1.165) is 24.0 Å². The number of hydrogen-bond donors (Lipinski definition) is 2. The zero-order chi connectivity index (χ0) is 9.84. The average molecular weight is 179 g/mol. The molecule has 0 amide bonds. The van der Waals surface area contributed by atoms with Gasteiger partial charge in [0, 0.05) is 6.04 Å². The Morgan fingerprint density at radius 2 is 2.08 bits per heavy atom. The van der Waals surface area contributed by atoms with E-state index >= 15 is 0 Å². The molecule has 1 aromatic carbocycles. The predicted octanol–water partition coefficient (Wildman–Crippen LogP) is 2.36. The monoisotopic (exact) mass is 179 g/mol. The number of nitrogens with two attached hydrogens (primary N) is 1. The highest BCUT2D eigenvalue weighted by atomic mass is 16.3. The highest BCUT2D eigenvalue weighted by Crippen LogP contribution is 2.26. The largest absolute Gasteiger partial charge is 0.508 e. The highest BCUT2D eigenvalue weighted by molar-refractivity contribution is 5.40. The summed E-state index contributed by atoms with van der Waals surface area (Å²) in [5, 5.41) is 9.58. The normalized spacial score (nSPS) is 12.8. The van der Waals surface area contributed by atoms with Crippen LogP contribution in [-0.4, -0.2) is 5.11 Å². The third-order valence-corrected chi connectivity index (χ3v) is 2.38. The van der Waals surface area contributed by atoms with Crippen LogP contribution in [0.5, 0.6) is 5.75 Å². The summed E-state index contributed by atoms with van der Waals surface area (Å²) in [6.45, 7) is 4.08. The first-order valence-electron chi connectivity index (χ1n) is 4.77. The van der Waals surface area contributed by atoms with E-state index in [1.807, 2.05) is 26.0 Å². The van der Waals surface area contributed by atoms with E-state index in [1.54, 1.807) is 6.07 Å². The molecule has 0 aromatic heterocycles. The van der Waals surface area contributed by atoms with Crippen molar-refractivity contribution in [2.45, 2.75) is 32.7 Å². The molecule has 0 radical (unpaired) electrons. The topological polar surface area (TPSA) is 46.2 Å². The molecular weight excluding hydrogens is 162 g/mol. The maximum absolute atomic E-state index is 9.58. The summed E-state index contributed by atoms with van der Waals surface area (Å²) in [5.41, 5.74) is 7.99. The highest BCUT2D eigenvalue weighted by Gasteiger charge is 2.10. The van der Waals surface area contributed by atoms with Crippen molar-refractivity contribution in [2.75, 3.05) is 0 Å². The van der Waals surface area contributed by atoms with E-state index in [2.05, 4.69) is 0 Å². The van der Waals surface area contributed by atoms with Gasteiger partial charge in [-0.2, -0.15) is 0 Å². The van der Waals surface area contributed by atoms with E-state index < -0.39 is 0 Å². The molecule has 0 aliphatic carbocycles. The molecule has 0 heterocycles. The van der Waals surface area contributed by atoms with Crippen molar-refractivity contribution in [3.63, 3.8) is 0 Å². The summed E-state index contributed by atoms with van der Waals surface area (Å²) < 4.78 is 0. The van der Waals surface area contributed by atoms with Crippen LogP contribution in [0.4, 0.5) is 0 Å². The van der Waals surface area contributed by atoms with Crippen molar-refractivity contribution >= 4 is 0 Å². The van der Waals surface area contributed by atoms with Crippen molar-refractivity contribution in [2.24, 2.45) is 5.73 Å². The second kappa shape index (κ2) is 4.28. The second-order valence-corrected chi connectivity index (χ2v) is 3.21. The molecule has 0 saturated carbocycles. The van der Waals surface area contributed by atoms with Gasteiger partial charge >= 0.3 is 0 Å². The van der Waals surface area contributed by atoms with Gasteiger partial charge in [-0.15, -0.1) is 0 Å². The first kappa shape index (κ1) is 10.1. The third kappa shape index (κ3) is 2.01. The Balaban J connectivity index is 3.12. The minimum Gasteiger partial charge on any atom is -0.508 e. The van der Waals surface area contributed by atoms with Gasteiger partial charge in [0.25, 0.3) is 0 Å². The zero-order valence-electron chi connectivity index (χ0n) is 8.25. The maximum Gasteiger partial charge on any atom is 0.119 e. The summed E-state index contributed by atoms with van der Waals surface area (Å²) in [5.74, 6) is 0.365. The van der Waals surface area contributed by atoms with Crippen molar-refractivity contribution in [1.29, 1.82) is 0 Å². The lowest BCUT2D eigenvalue weighted by atomic mass is 9.97. The number of hydrogen-bond acceptors (Lipinski definition) is 2. The number of phenols is 1. The summed E-state index contributed by atoms with van der Waals surface area (Å²) in [6.07, 6.45) is 1.73. The molecule has 13 heavy (non-hydrogen) atoms. The molecule has 3 N–H and O–H groups in total. The molecule has 0 spiro atoms. The Bertz CT molecular complexity index is 283. The van der Waals surface area contributed by atoms with Gasteiger partial charge in [-0.3, -0.25) is 0 Å². The van der Waals surface area contributed by atoms with E-state index in [0.29, 0.717) is 5.75 Å². The molecule has 1 aromatic rings. The first-order chi connectivity index (χ1) is 6.20. The molecule has 2 nitrogen and oxygen atoms in total. The Morgan fingerprint density at radius 1 is 1.38 bits per heavy atom. The Morgan fingerprint density at radius 3 is 2.62 bits per heavy atom. The molecule has 2 heteroatoms. The first-order valence-corrected chi connectivity index (χ1v) is 4.77. The van der Waals surface area contributed by atoms with Crippen molar-refractivity contribution in [3.8, 4) is 5.75 Å². The molecule has 0 unspecified atom stereocenters. The predicted molar refractivity (Wildman–Crippen MR) is 54.7 cm³/mol. The minimum absolute atomic E-state index is 0.0436. The van der Waals surface area contributed by atoms with Gasteiger partial charge in [0.1, 0.15) is 5.75 Å². The molecule has 0 aliphatic rings. The summed E-state index contributed by atoms with van der Waals surface area (Å²) in [7, 11) is 0. The standard InChI is InChI=1S/C11H17NO/c1-3-8-9(10(12)4-2)6-5-7-11(8)13/h5-7,10,13H,3-4,12H2,1-2H3/t10-/m0/s1. The maximum atomic E-state index is 9.58. The molecule has 1 atom stereocenters. The van der Waals surface area contributed by atoms with E-state index in [1.165, 1.54) is 0 Å². The fraction of sp³-hybridized carbons (Fsp3) is 0.455. The van der Waals surface area contributed by atoms with Crippen LogP contribution in [0, 0.1) is 0 Å². The second-order valence-electron chi connectivity index (χ2n) is 3.21. The van der Waals surface area contributed by atoms with Crippen molar-refractivity contribution < 1.29 is 5.11 Å². The summed E-state index contributed by atoms with van der Waals surface area (Å²) in [4.78, 5) is 0. The molecule has 0 bridgehead atoms. The third-order valence-electron chi connectivity index (χ3n) is 2.38. The fourth-order valence-corrected chi connectivity index (χ4v) is 1.54. The van der Waals surface area contributed by atoms with Gasteiger partial charge in [0.2, 0.25) is 0 Å². The van der Waals surface area contributed by atoms with Crippen LogP contribution in [0.15, 0.2) is 18.2 Å². The minimum atomic E-state index is 0.0436.